The molecule has 0 aliphatic rings. The number of aryl methyl sites for hydroxylation is 1. The molecule has 0 amide bonds. The number of nitrogens with zero attached hydrogens (tertiary/aromatic N) is 1. The van der Waals surface area contributed by atoms with E-state index in [1.165, 1.54) is 11.1 Å². The third-order valence-corrected chi connectivity index (χ3v) is 3.13. The van der Waals surface area contributed by atoms with Gasteiger partial charge < -0.3 is 25.8 Å². The van der Waals surface area contributed by atoms with E-state index in [-0.39, 0.29) is 6.04 Å². The fraction of sp³-hybridized carbons (Fsp3) is 0.571. The quantitative estimate of drug-likeness (QED) is 0.762. The van der Waals surface area contributed by atoms with Gasteiger partial charge in [-0.3, -0.25) is 0 Å². The Morgan fingerprint density at radius 3 is 2.32 bits per heavy atom. The molecule has 1 aromatic rings. The third-order valence-electron chi connectivity index (χ3n) is 3.13. The highest BCUT2D eigenvalue weighted by atomic mass is 16.5. The Morgan fingerprint density at radius 2 is 1.79 bits per heavy atom. The highest BCUT2D eigenvalue weighted by Gasteiger charge is 2.11. The van der Waals surface area contributed by atoms with Gasteiger partial charge >= 0.3 is 0 Å². The number of hydrogen-bond donors (Lipinski definition) is 2. The molecule has 5 nitrogen and oxygen atoms in total. The molecule has 0 aromatic heterocycles. The molecule has 0 saturated carbocycles. The van der Waals surface area contributed by atoms with E-state index in [1.54, 1.807) is 14.2 Å². The van der Waals surface area contributed by atoms with Crippen molar-refractivity contribution in [1.29, 1.82) is 0 Å². The van der Waals surface area contributed by atoms with Crippen LogP contribution in [0.4, 0.5) is 0 Å². The highest BCUT2D eigenvalue weighted by Crippen LogP contribution is 2.30. The van der Waals surface area contributed by atoms with Gasteiger partial charge in [-0.2, -0.15) is 0 Å². The van der Waals surface area contributed by atoms with Crippen LogP contribution in [-0.2, 0) is 6.54 Å². The fourth-order valence-electron chi connectivity index (χ4n) is 2.02. The number of likely N-dealkylation sites (N-methyl/N-ethyl adjacent to an activating group) is 1. The molecule has 108 valence electrons. The molecule has 0 radical (unpaired) electrons. The summed E-state index contributed by atoms with van der Waals surface area (Å²) in [6.45, 7) is 4.13. The van der Waals surface area contributed by atoms with Gasteiger partial charge in [0.25, 0.3) is 0 Å². The van der Waals surface area contributed by atoms with Crippen LogP contribution in [0.5, 0.6) is 11.5 Å². The minimum atomic E-state index is 0.00505. The van der Waals surface area contributed by atoms with E-state index in [9.17, 15) is 0 Å². The topological polar surface area (TPSA) is 73.7 Å². The fourth-order valence-corrected chi connectivity index (χ4v) is 2.02. The maximum Gasteiger partial charge on any atom is 0.161 e. The van der Waals surface area contributed by atoms with E-state index in [1.807, 2.05) is 19.2 Å². The highest BCUT2D eigenvalue weighted by molar-refractivity contribution is 5.47. The lowest BCUT2D eigenvalue weighted by Crippen LogP contribution is -2.40. The van der Waals surface area contributed by atoms with Crippen molar-refractivity contribution < 1.29 is 9.47 Å². The number of methoxy groups -OCH3 is 2. The number of nitrogens with two attached hydrogens (primary N) is 2. The van der Waals surface area contributed by atoms with Gasteiger partial charge in [0.1, 0.15) is 0 Å². The average Bonchev–Trinajstić information content (AvgIpc) is 2.40. The summed E-state index contributed by atoms with van der Waals surface area (Å²) in [5.41, 5.74) is 13.8. The van der Waals surface area contributed by atoms with E-state index < -0.39 is 0 Å². The number of ether oxygens (including phenoxy) is 2. The standard InChI is InChI=1S/C14H25N3O2/c1-10-5-13(18-3)14(19-4)6-11(10)8-17(2)9-12(16)7-15/h5-6,12H,7-9,15-16H2,1-4H3. The van der Waals surface area contributed by atoms with E-state index in [2.05, 4.69) is 11.8 Å². The van der Waals surface area contributed by atoms with Crippen LogP contribution in [0.1, 0.15) is 11.1 Å². The van der Waals surface area contributed by atoms with Gasteiger partial charge in [0.2, 0.25) is 0 Å². The minimum Gasteiger partial charge on any atom is -0.493 e. The SMILES string of the molecule is COc1cc(C)c(CN(C)CC(N)CN)cc1OC. The summed E-state index contributed by atoms with van der Waals surface area (Å²) in [6, 6.07) is 4.01. The monoisotopic (exact) mass is 267 g/mol. The summed E-state index contributed by atoms with van der Waals surface area (Å²) in [7, 11) is 5.32. The van der Waals surface area contributed by atoms with Gasteiger partial charge in [0, 0.05) is 25.7 Å². The maximum absolute atomic E-state index is 5.86. The second-order valence-corrected chi connectivity index (χ2v) is 4.83. The molecule has 0 bridgehead atoms. The summed E-state index contributed by atoms with van der Waals surface area (Å²) in [5, 5.41) is 0. The van der Waals surface area contributed by atoms with Gasteiger partial charge in [-0.05, 0) is 37.2 Å². The van der Waals surface area contributed by atoms with Gasteiger partial charge in [0.15, 0.2) is 11.5 Å². The van der Waals surface area contributed by atoms with Gasteiger partial charge in [-0.15, -0.1) is 0 Å². The molecular formula is C14H25N3O2. The van der Waals surface area contributed by atoms with Crippen molar-refractivity contribution in [3.8, 4) is 11.5 Å². The van der Waals surface area contributed by atoms with Gasteiger partial charge in [-0.1, -0.05) is 0 Å². The molecule has 1 atom stereocenters. The molecule has 1 aromatic carbocycles. The van der Waals surface area contributed by atoms with E-state index in [0.29, 0.717) is 6.54 Å². The molecule has 0 heterocycles. The van der Waals surface area contributed by atoms with E-state index >= 15 is 0 Å². The summed E-state index contributed by atoms with van der Waals surface area (Å²) >= 11 is 0. The summed E-state index contributed by atoms with van der Waals surface area (Å²) < 4.78 is 10.6. The smallest absolute Gasteiger partial charge is 0.161 e. The van der Waals surface area contributed by atoms with Crippen LogP contribution >= 0.6 is 0 Å². The zero-order valence-electron chi connectivity index (χ0n) is 12.3. The first-order chi connectivity index (χ1) is 9.01. The van der Waals surface area contributed by atoms with Gasteiger partial charge in [0.05, 0.1) is 14.2 Å². The molecule has 0 spiro atoms. The molecule has 4 N–H and O–H groups in total. The molecule has 19 heavy (non-hydrogen) atoms. The Kier molecular flexibility index (Phi) is 6.08. The molecule has 5 heteroatoms. The average molecular weight is 267 g/mol. The Bertz CT molecular complexity index is 410. The Hall–Kier alpha value is -1.30. The van der Waals surface area contributed by atoms with Crippen LogP contribution in [0.15, 0.2) is 12.1 Å². The van der Waals surface area contributed by atoms with Crippen molar-refractivity contribution in [2.45, 2.75) is 19.5 Å². The molecule has 0 aliphatic heterocycles. The largest absolute Gasteiger partial charge is 0.493 e. The zero-order chi connectivity index (χ0) is 14.4. The first kappa shape index (κ1) is 15.8. The Balaban J connectivity index is 2.83. The molecule has 0 saturated heterocycles. The number of rotatable bonds is 7. The molecule has 1 rings (SSSR count). The van der Waals surface area contributed by atoms with Crippen molar-refractivity contribution in [2.24, 2.45) is 11.5 Å². The van der Waals surface area contributed by atoms with Crippen LogP contribution in [0.25, 0.3) is 0 Å². The molecule has 1 unspecified atom stereocenters. The van der Waals surface area contributed by atoms with E-state index in [0.717, 1.165) is 24.6 Å². The van der Waals surface area contributed by atoms with Crippen molar-refractivity contribution in [2.75, 3.05) is 34.4 Å². The number of benzene rings is 1. The molecular weight excluding hydrogens is 242 g/mol. The summed E-state index contributed by atoms with van der Waals surface area (Å²) in [6.07, 6.45) is 0. The van der Waals surface area contributed by atoms with Crippen LogP contribution in [0.3, 0.4) is 0 Å². The summed E-state index contributed by atoms with van der Waals surface area (Å²) in [4.78, 5) is 2.16. The zero-order valence-corrected chi connectivity index (χ0v) is 12.3. The lowest BCUT2D eigenvalue weighted by Gasteiger charge is -2.22. The normalized spacial score (nSPS) is 12.6. The number of hydrogen-bond acceptors (Lipinski definition) is 5. The predicted molar refractivity (Wildman–Crippen MR) is 77.6 cm³/mol. The maximum atomic E-state index is 5.86. The minimum absolute atomic E-state index is 0.00505. The lowest BCUT2D eigenvalue weighted by molar-refractivity contribution is 0.303. The van der Waals surface area contributed by atoms with Crippen molar-refractivity contribution in [3.63, 3.8) is 0 Å². The molecule has 0 aliphatic carbocycles. The Labute approximate surface area is 115 Å². The second kappa shape index (κ2) is 7.33. The second-order valence-electron chi connectivity index (χ2n) is 4.83. The van der Waals surface area contributed by atoms with Crippen molar-refractivity contribution in [1.82, 2.24) is 4.90 Å². The third kappa shape index (κ3) is 4.38. The lowest BCUT2D eigenvalue weighted by atomic mass is 10.1. The summed E-state index contributed by atoms with van der Waals surface area (Å²) in [5.74, 6) is 1.50. The Morgan fingerprint density at radius 1 is 1.21 bits per heavy atom. The van der Waals surface area contributed by atoms with Crippen LogP contribution in [-0.4, -0.2) is 45.3 Å². The van der Waals surface area contributed by atoms with Gasteiger partial charge in [-0.25, -0.2) is 0 Å². The van der Waals surface area contributed by atoms with Crippen LogP contribution in [0, 0.1) is 6.92 Å². The van der Waals surface area contributed by atoms with E-state index in [4.69, 9.17) is 20.9 Å². The van der Waals surface area contributed by atoms with Crippen LogP contribution < -0.4 is 20.9 Å². The molecule has 0 fully saturated rings. The first-order valence-corrected chi connectivity index (χ1v) is 6.37. The van der Waals surface area contributed by atoms with Crippen LogP contribution in [0.2, 0.25) is 0 Å². The van der Waals surface area contributed by atoms with Crippen molar-refractivity contribution >= 4 is 0 Å². The predicted octanol–water partition coefficient (Wildman–Crippen LogP) is 0.730. The first-order valence-electron chi connectivity index (χ1n) is 6.37. The van der Waals surface area contributed by atoms with Crippen molar-refractivity contribution in [3.05, 3.63) is 23.3 Å².